The Morgan fingerprint density at radius 2 is 1.81 bits per heavy atom. The van der Waals surface area contributed by atoms with E-state index < -0.39 is 0 Å². The van der Waals surface area contributed by atoms with Crippen molar-refractivity contribution in [3.05, 3.63) is 87.9 Å². The second-order valence-corrected chi connectivity index (χ2v) is 7.99. The zero-order valence-electron chi connectivity index (χ0n) is 15.9. The predicted molar refractivity (Wildman–Crippen MR) is 112 cm³/mol. The number of hydrogen-bond acceptors (Lipinski definition) is 3. The van der Waals surface area contributed by atoms with E-state index in [-0.39, 0.29) is 11.9 Å². The van der Waals surface area contributed by atoms with Gasteiger partial charge in [0.1, 0.15) is 0 Å². The van der Waals surface area contributed by atoms with Crippen LogP contribution in [0.3, 0.4) is 0 Å². The largest absolute Gasteiger partial charge is 0.344 e. The fraction of sp³-hybridized carbons (Fsp3) is 0.304. The summed E-state index contributed by atoms with van der Waals surface area (Å²) in [7, 11) is 0. The molecule has 2 aromatic heterocycles. The summed E-state index contributed by atoms with van der Waals surface area (Å²) in [6.07, 6.45) is 3.92. The first kappa shape index (κ1) is 19.3. The number of aryl methyl sites for hydroxylation is 1. The van der Waals surface area contributed by atoms with Gasteiger partial charge in [-0.2, -0.15) is 0 Å². The molecule has 140 valence electrons. The van der Waals surface area contributed by atoms with E-state index in [0.29, 0.717) is 12.3 Å². The van der Waals surface area contributed by atoms with Gasteiger partial charge in [-0.05, 0) is 53.5 Å². The molecule has 27 heavy (non-hydrogen) atoms. The van der Waals surface area contributed by atoms with Crippen LogP contribution in [0.1, 0.15) is 60.3 Å². The van der Waals surface area contributed by atoms with E-state index in [1.165, 1.54) is 5.56 Å². The molecule has 1 aromatic carbocycles. The number of pyridine rings is 1. The number of amides is 1. The van der Waals surface area contributed by atoms with Crippen LogP contribution in [0.5, 0.6) is 0 Å². The lowest BCUT2D eigenvalue weighted by Crippen LogP contribution is -2.28. The number of carbonyl (C=O) groups is 1. The molecule has 3 rings (SSSR count). The Hall–Kier alpha value is -2.46. The molecule has 0 radical (unpaired) electrons. The van der Waals surface area contributed by atoms with E-state index in [4.69, 9.17) is 0 Å². The van der Waals surface area contributed by atoms with Crippen LogP contribution in [0, 0.1) is 0 Å². The Balaban J connectivity index is 1.64. The first-order valence-corrected chi connectivity index (χ1v) is 10.3. The molecule has 0 fully saturated rings. The van der Waals surface area contributed by atoms with E-state index in [1.807, 2.05) is 24.3 Å². The quantitative estimate of drug-likeness (QED) is 0.563. The number of hydrogen-bond donors (Lipinski definition) is 1. The Morgan fingerprint density at radius 1 is 1.04 bits per heavy atom. The lowest BCUT2D eigenvalue weighted by Gasteiger charge is -2.19. The summed E-state index contributed by atoms with van der Waals surface area (Å²) < 4.78 is 0. The number of carbonyl (C=O) groups excluding carboxylic acids is 1. The third-order valence-corrected chi connectivity index (χ3v) is 5.57. The van der Waals surface area contributed by atoms with Crippen molar-refractivity contribution in [3.63, 3.8) is 0 Å². The minimum Gasteiger partial charge on any atom is -0.344 e. The topological polar surface area (TPSA) is 42.0 Å². The van der Waals surface area contributed by atoms with Gasteiger partial charge >= 0.3 is 0 Å². The Labute approximate surface area is 165 Å². The van der Waals surface area contributed by atoms with E-state index in [9.17, 15) is 4.79 Å². The van der Waals surface area contributed by atoms with Crippen molar-refractivity contribution in [1.29, 1.82) is 0 Å². The summed E-state index contributed by atoms with van der Waals surface area (Å²) in [5.41, 5.74) is 3.47. The van der Waals surface area contributed by atoms with Crippen molar-refractivity contribution >= 4 is 17.2 Å². The van der Waals surface area contributed by atoms with Crippen molar-refractivity contribution in [3.8, 4) is 0 Å². The van der Waals surface area contributed by atoms with Gasteiger partial charge in [0.05, 0.1) is 6.04 Å². The van der Waals surface area contributed by atoms with Crippen molar-refractivity contribution in [2.75, 3.05) is 0 Å². The molecule has 0 aliphatic carbocycles. The van der Waals surface area contributed by atoms with Gasteiger partial charge in [-0.15, -0.1) is 11.3 Å². The molecule has 0 spiro atoms. The molecule has 3 nitrogen and oxygen atoms in total. The zero-order chi connectivity index (χ0) is 19.1. The molecule has 0 saturated heterocycles. The maximum absolute atomic E-state index is 12.6. The van der Waals surface area contributed by atoms with Crippen LogP contribution < -0.4 is 5.32 Å². The number of rotatable bonds is 8. The normalized spacial score (nSPS) is 12.1. The van der Waals surface area contributed by atoms with Crippen LogP contribution in [0.15, 0.2) is 66.2 Å². The van der Waals surface area contributed by atoms with Gasteiger partial charge in [0.25, 0.3) is 0 Å². The number of aromatic nitrogens is 1. The third kappa shape index (κ3) is 5.51. The van der Waals surface area contributed by atoms with Gasteiger partial charge < -0.3 is 5.32 Å². The molecule has 1 amide bonds. The minimum atomic E-state index is -0.0893. The molecule has 0 aliphatic heterocycles. The van der Waals surface area contributed by atoms with Gasteiger partial charge in [-0.3, -0.25) is 9.78 Å². The highest BCUT2D eigenvalue weighted by Crippen LogP contribution is 2.27. The lowest BCUT2D eigenvalue weighted by atomic mass is 9.98. The van der Waals surface area contributed by atoms with Gasteiger partial charge in [0.2, 0.25) is 5.91 Å². The maximum atomic E-state index is 12.6. The van der Waals surface area contributed by atoms with Crippen LogP contribution in [-0.4, -0.2) is 10.9 Å². The fourth-order valence-electron chi connectivity index (χ4n) is 3.06. The van der Waals surface area contributed by atoms with Crippen molar-refractivity contribution in [2.45, 2.75) is 45.1 Å². The molecular formula is C23H26N2OS. The van der Waals surface area contributed by atoms with Crippen LogP contribution >= 0.6 is 11.3 Å². The van der Waals surface area contributed by atoms with Crippen LogP contribution in [0.2, 0.25) is 0 Å². The number of nitrogens with zero attached hydrogens (tertiary/aromatic N) is 1. The van der Waals surface area contributed by atoms with Crippen molar-refractivity contribution in [1.82, 2.24) is 10.3 Å². The molecule has 1 unspecified atom stereocenters. The summed E-state index contributed by atoms with van der Waals surface area (Å²) in [6.45, 7) is 4.38. The minimum absolute atomic E-state index is 0.0808. The van der Waals surface area contributed by atoms with Gasteiger partial charge in [-0.25, -0.2) is 0 Å². The van der Waals surface area contributed by atoms with Gasteiger partial charge in [-0.1, -0.05) is 50.2 Å². The molecule has 1 N–H and O–H groups in total. The van der Waals surface area contributed by atoms with E-state index in [0.717, 1.165) is 29.0 Å². The van der Waals surface area contributed by atoms with Gasteiger partial charge in [0.15, 0.2) is 0 Å². The van der Waals surface area contributed by atoms with Gasteiger partial charge in [0, 0.05) is 23.2 Å². The maximum Gasteiger partial charge on any atom is 0.220 e. The predicted octanol–water partition coefficient (Wildman–Crippen LogP) is 5.50. The summed E-state index contributed by atoms with van der Waals surface area (Å²) >= 11 is 1.67. The Morgan fingerprint density at radius 3 is 2.44 bits per heavy atom. The number of nitrogens with one attached hydrogen (secondary N) is 1. The average Bonchev–Trinajstić information content (AvgIpc) is 3.21. The molecule has 2 heterocycles. The molecule has 0 aliphatic rings. The molecule has 4 heteroatoms. The molecule has 0 bridgehead atoms. The third-order valence-electron chi connectivity index (χ3n) is 4.63. The summed E-state index contributed by atoms with van der Waals surface area (Å²) in [4.78, 5) is 18.0. The lowest BCUT2D eigenvalue weighted by molar-refractivity contribution is -0.121. The summed E-state index contributed by atoms with van der Waals surface area (Å²) in [5.74, 6) is 0.581. The van der Waals surface area contributed by atoms with Crippen molar-refractivity contribution in [2.24, 2.45) is 0 Å². The summed E-state index contributed by atoms with van der Waals surface area (Å²) in [6, 6.07) is 18.5. The number of benzene rings is 1. The second-order valence-electron chi connectivity index (χ2n) is 7.01. The molecule has 0 saturated carbocycles. The highest BCUT2D eigenvalue weighted by molar-refractivity contribution is 7.10. The monoisotopic (exact) mass is 378 g/mol. The smallest absolute Gasteiger partial charge is 0.220 e. The Kier molecular flexibility index (Phi) is 6.77. The van der Waals surface area contributed by atoms with E-state index in [2.05, 4.69) is 59.9 Å². The average molecular weight is 379 g/mol. The molecular weight excluding hydrogens is 352 g/mol. The van der Waals surface area contributed by atoms with Crippen LogP contribution in [0.4, 0.5) is 0 Å². The highest BCUT2D eigenvalue weighted by Gasteiger charge is 2.18. The fourth-order valence-corrected chi connectivity index (χ4v) is 3.86. The van der Waals surface area contributed by atoms with Crippen molar-refractivity contribution < 1.29 is 4.79 Å². The first-order valence-electron chi connectivity index (χ1n) is 9.46. The van der Waals surface area contributed by atoms with Crippen LogP contribution in [0.25, 0.3) is 0 Å². The number of thiophene rings is 1. The van der Waals surface area contributed by atoms with Crippen LogP contribution in [-0.2, 0) is 11.2 Å². The Bertz CT molecular complexity index is 827. The standard InChI is InChI=1S/C23H26N2OS/c1-17(2)18-11-13-19(14-12-18)23(21-9-6-16-27-21)25-22(26)10-5-8-20-7-3-4-15-24-20/h3-4,6-7,9,11-17,23H,5,8,10H2,1-2H3,(H,25,26). The second kappa shape index (κ2) is 9.47. The molecule has 1 atom stereocenters. The van der Waals surface area contributed by atoms with E-state index in [1.54, 1.807) is 17.5 Å². The summed E-state index contributed by atoms with van der Waals surface area (Å²) in [5, 5.41) is 5.28. The first-order chi connectivity index (χ1) is 13.1. The SMILES string of the molecule is CC(C)c1ccc(C(NC(=O)CCCc2ccccn2)c2cccs2)cc1. The zero-order valence-corrected chi connectivity index (χ0v) is 16.7. The van der Waals surface area contributed by atoms with E-state index >= 15 is 0 Å². The highest BCUT2D eigenvalue weighted by atomic mass is 32.1. The molecule has 3 aromatic rings.